The Morgan fingerprint density at radius 3 is 2.38 bits per heavy atom. The Hall–Kier alpha value is -0.180. The van der Waals surface area contributed by atoms with Crippen LogP contribution in [-0.4, -0.2) is 11.3 Å². The van der Waals surface area contributed by atoms with E-state index in [0.29, 0.717) is 5.25 Å². The van der Waals surface area contributed by atoms with Crippen LogP contribution >= 0.6 is 23.4 Å². The molecule has 90 valence electrons. The highest BCUT2D eigenvalue weighted by atomic mass is 35.5. The van der Waals surface area contributed by atoms with E-state index in [1.165, 1.54) is 4.90 Å². The van der Waals surface area contributed by atoms with Gasteiger partial charge in [0.2, 0.25) is 0 Å². The molecular weight excluding hydrogens is 238 g/mol. The summed E-state index contributed by atoms with van der Waals surface area (Å²) in [7, 11) is 0. The van der Waals surface area contributed by atoms with E-state index in [2.05, 4.69) is 26.0 Å². The molecule has 1 aromatic carbocycles. The lowest BCUT2D eigenvalue weighted by Crippen LogP contribution is -2.31. The van der Waals surface area contributed by atoms with Crippen molar-refractivity contribution in [2.45, 2.75) is 49.3 Å². The van der Waals surface area contributed by atoms with Gasteiger partial charge in [0.25, 0.3) is 0 Å². The van der Waals surface area contributed by atoms with Crippen LogP contribution in [0, 0.1) is 0 Å². The number of rotatable bonds is 6. The maximum absolute atomic E-state index is 6.17. The SMILES string of the molecule is CCCC(N)C(CC)Sc1ccc(Cl)cc1. The molecule has 0 radical (unpaired) electrons. The van der Waals surface area contributed by atoms with Gasteiger partial charge in [-0.2, -0.15) is 0 Å². The molecule has 1 rings (SSSR count). The quantitative estimate of drug-likeness (QED) is 0.768. The molecule has 0 amide bonds. The van der Waals surface area contributed by atoms with Crippen LogP contribution in [0.4, 0.5) is 0 Å². The van der Waals surface area contributed by atoms with Gasteiger partial charge in [-0.3, -0.25) is 0 Å². The highest BCUT2D eigenvalue weighted by Crippen LogP contribution is 2.29. The Morgan fingerprint density at radius 1 is 1.25 bits per heavy atom. The summed E-state index contributed by atoms with van der Waals surface area (Å²) in [5.41, 5.74) is 6.17. The molecule has 1 aromatic rings. The molecule has 0 aliphatic rings. The smallest absolute Gasteiger partial charge is 0.0406 e. The number of hydrogen-bond donors (Lipinski definition) is 1. The van der Waals surface area contributed by atoms with E-state index < -0.39 is 0 Å². The van der Waals surface area contributed by atoms with Crippen LogP contribution in [0.5, 0.6) is 0 Å². The van der Waals surface area contributed by atoms with Gasteiger partial charge in [-0.15, -0.1) is 11.8 Å². The lowest BCUT2D eigenvalue weighted by Gasteiger charge is -2.21. The molecule has 2 unspecified atom stereocenters. The predicted molar refractivity (Wildman–Crippen MR) is 74.3 cm³/mol. The van der Waals surface area contributed by atoms with Crippen molar-refractivity contribution in [3.8, 4) is 0 Å². The zero-order valence-electron chi connectivity index (χ0n) is 9.95. The fourth-order valence-corrected chi connectivity index (χ4v) is 2.93. The van der Waals surface area contributed by atoms with Crippen LogP contribution in [-0.2, 0) is 0 Å². The molecule has 2 atom stereocenters. The van der Waals surface area contributed by atoms with Gasteiger partial charge in [0, 0.05) is 21.2 Å². The first-order valence-electron chi connectivity index (χ1n) is 5.85. The summed E-state index contributed by atoms with van der Waals surface area (Å²) < 4.78 is 0. The standard InChI is InChI=1S/C13H20ClNS/c1-3-5-12(15)13(4-2)16-11-8-6-10(14)7-9-11/h6-9,12-13H,3-5,15H2,1-2H3. The molecule has 0 aromatic heterocycles. The van der Waals surface area contributed by atoms with Crippen molar-refractivity contribution in [3.05, 3.63) is 29.3 Å². The largest absolute Gasteiger partial charge is 0.327 e. The first-order chi connectivity index (χ1) is 7.67. The van der Waals surface area contributed by atoms with E-state index in [-0.39, 0.29) is 6.04 Å². The second-order valence-electron chi connectivity index (χ2n) is 3.97. The molecular formula is C13H20ClNS. The van der Waals surface area contributed by atoms with E-state index in [1.807, 2.05) is 23.9 Å². The van der Waals surface area contributed by atoms with Gasteiger partial charge in [0.1, 0.15) is 0 Å². The first-order valence-corrected chi connectivity index (χ1v) is 7.11. The topological polar surface area (TPSA) is 26.0 Å². The summed E-state index contributed by atoms with van der Waals surface area (Å²) in [5.74, 6) is 0. The van der Waals surface area contributed by atoms with Gasteiger partial charge in [0.15, 0.2) is 0 Å². The third kappa shape index (κ3) is 4.36. The average molecular weight is 258 g/mol. The molecule has 1 nitrogen and oxygen atoms in total. The van der Waals surface area contributed by atoms with Crippen LogP contribution in [0.2, 0.25) is 5.02 Å². The van der Waals surface area contributed by atoms with Crippen molar-refractivity contribution in [2.24, 2.45) is 5.73 Å². The summed E-state index contributed by atoms with van der Waals surface area (Å²) in [6, 6.07) is 8.28. The number of nitrogens with two attached hydrogens (primary N) is 1. The third-order valence-corrected chi connectivity index (χ3v) is 4.38. The number of thioether (sulfide) groups is 1. The molecule has 0 heterocycles. The number of halogens is 1. The van der Waals surface area contributed by atoms with Crippen molar-refractivity contribution in [1.29, 1.82) is 0 Å². The highest BCUT2D eigenvalue weighted by Gasteiger charge is 2.16. The molecule has 0 saturated heterocycles. The minimum atomic E-state index is 0.288. The van der Waals surface area contributed by atoms with E-state index in [0.717, 1.165) is 24.3 Å². The van der Waals surface area contributed by atoms with E-state index in [9.17, 15) is 0 Å². The van der Waals surface area contributed by atoms with E-state index >= 15 is 0 Å². The molecule has 0 spiro atoms. The molecule has 0 saturated carbocycles. The lowest BCUT2D eigenvalue weighted by atomic mass is 10.1. The minimum Gasteiger partial charge on any atom is -0.327 e. The monoisotopic (exact) mass is 257 g/mol. The van der Waals surface area contributed by atoms with E-state index in [1.54, 1.807) is 0 Å². The predicted octanol–water partition coefficient (Wildman–Crippen LogP) is 4.34. The number of hydrogen-bond acceptors (Lipinski definition) is 2. The van der Waals surface area contributed by atoms with Crippen molar-refractivity contribution in [3.63, 3.8) is 0 Å². The Bertz CT molecular complexity index is 299. The van der Waals surface area contributed by atoms with E-state index in [4.69, 9.17) is 17.3 Å². The molecule has 0 aliphatic heterocycles. The second-order valence-corrected chi connectivity index (χ2v) is 5.72. The van der Waals surface area contributed by atoms with Crippen molar-refractivity contribution in [1.82, 2.24) is 0 Å². The zero-order valence-corrected chi connectivity index (χ0v) is 11.5. The molecule has 0 bridgehead atoms. The molecule has 16 heavy (non-hydrogen) atoms. The normalized spacial score (nSPS) is 14.8. The first kappa shape index (κ1) is 13.9. The van der Waals surface area contributed by atoms with Gasteiger partial charge in [-0.25, -0.2) is 0 Å². The van der Waals surface area contributed by atoms with Gasteiger partial charge < -0.3 is 5.73 Å². The van der Waals surface area contributed by atoms with Crippen LogP contribution in [0.25, 0.3) is 0 Å². The van der Waals surface area contributed by atoms with Crippen LogP contribution in [0.1, 0.15) is 33.1 Å². The third-order valence-electron chi connectivity index (χ3n) is 2.60. The Kier molecular flexibility index (Phi) is 6.25. The maximum atomic E-state index is 6.17. The van der Waals surface area contributed by atoms with Crippen molar-refractivity contribution >= 4 is 23.4 Å². The molecule has 3 heteroatoms. The molecule has 2 N–H and O–H groups in total. The fourth-order valence-electron chi connectivity index (χ4n) is 1.68. The van der Waals surface area contributed by atoms with Crippen LogP contribution < -0.4 is 5.73 Å². The maximum Gasteiger partial charge on any atom is 0.0406 e. The van der Waals surface area contributed by atoms with Gasteiger partial charge >= 0.3 is 0 Å². The Labute approximate surface area is 108 Å². The van der Waals surface area contributed by atoms with Crippen molar-refractivity contribution < 1.29 is 0 Å². The zero-order chi connectivity index (χ0) is 12.0. The summed E-state index contributed by atoms with van der Waals surface area (Å²) in [6.45, 7) is 4.38. The van der Waals surface area contributed by atoms with Gasteiger partial charge in [-0.05, 0) is 37.1 Å². The number of benzene rings is 1. The summed E-state index contributed by atoms with van der Waals surface area (Å²) in [5, 5.41) is 1.29. The summed E-state index contributed by atoms with van der Waals surface area (Å²) in [4.78, 5) is 1.25. The van der Waals surface area contributed by atoms with Gasteiger partial charge in [0.05, 0.1) is 0 Å². The average Bonchev–Trinajstić information content (AvgIpc) is 2.28. The molecule has 0 fully saturated rings. The summed E-state index contributed by atoms with van der Waals surface area (Å²) >= 11 is 7.72. The highest BCUT2D eigenvalue weighted by molar-refractivity contribution is 8.00. The second kappa shape index (κ2) is 7.21. The van der Waals surface area contributed by atoms with Crippen LogP contribution in [0.3, 0.4) is 0 Å². The van der Waals surface area contributed by atoms with Crippen LogP contribution in [0.15, 0.2) is 29.2 Å². The van der Waals surface area contributed by atoms with Crippen molar-refractivity contribution in [2.75, 3.05) is 0 Å². The Balaban J connectivity index is 2.59. The lowest BCUT2D eigenvalue weighted by molar-refractivity contribution is 0.567. The molecule has 0 aliphatic carbocycles. The van der Waals surface area contributed by atoms with Gasteiger partial charge in [-0.1, -0.05) is 31.9 Å². The Morgan fingerprint density at radius 2 is 1.88 bits per heavy atom. The fraction of sp³-hybridized carbons (Fsp3) is 0.538. The summed E-state index contributed by atoms with van der Waals surface area (Å²) in [6.07, 6.45) is 3.35. The minimum absolute atomic E-state index is 0.288.